The topological polar surface area (TPSA) is 113 Å². The lowest BCUT2D eigenvalue weighted by Crippen LogP contribution is -2.38. The molecule has 1 aromatic carbocycles. The van der Waals surface area contributed by atoms with Crippen LogP contribution in [0.2, 0.25) is 0 Å². The van der Waals surface area contributed by atoms with Crippen LogP contribution < -0.4 is 20.1 Å². The van der Waals surface area contributed by atoms with Crippen LogP contribution in [0, 0.1) is 6.92 Å². The molecule has 3 aromatic rings. The Kier molecular flexibility index (Phi) is 7.64. The largest absolute Gasteiger partial charge is 0.493 e. The number of nitrogens with one attached hydrogen (secondary N) is 2. The molecule has 2 fully saturated rings. The van der Waals surface area contributed by atoms with E-state index in [4.69, 9.17) is 18.9 Å². The minimum absolute atomic E-state index is 0.0694. The van der Waals surface area contributed by atoms with Crippen molar-refractivity contribution < 1.29 is 18.9 Å². The molecular weight excluding hydrogens is 456 g/mol. The molecule has 0 radical (unpaired) electrons. The normalized spacial score (nSPS) is 19.3. The van der Waals surface area contributed by atoms with Crippen LogP contribution in [0.5, 0.6) is 11.5 Å². The van der Waals surface area contributed by atoms with Crippen molar-refractivity contribution >= 4 is 33.2 Å². The van der Waals surface area contributed by atoms with Crippen LogP contribution in [0.3, 0.4) is 0 Å². The van der Waals surface area contributed by atoms with Gasteiger partial charge in [-0.05, 0) is 19.8 Å². The summed E-state index contributed by atoms with van der Waals surface area (Å²) >= 11 is 1.47. The summed E-state index contributed by atoms with van der Waals surface area (Å²) in [6.07, 6.45) is 5.42. The lowest BCUT2D eigenvalue weighted by molar-refractivity contribution is 0.0203. The van der Waals surface area contributed by atoms with Gasteiger partial charge in [-0.15, -0.1) is 10.2 Å². The third-order valence-electron chi connectivity index (χ3n) is 5.83. The Hall–Kier alpha value is -2.60. The van der Waals surface area contributed by atoms with Crippen molar-refractivity contribution in [2.75, 3.05) is 44.8 Å². The lowest BCUT2D eigenvalue weighted by Gasteiger charge is -2.25. The maximum Gasteiger partial charge on any atom is 0.211 e. The van der Waals surface area contributed by atoms with Crippen LogP contribution in [0.4, 0.5) is 10.9 Å². The Bertz CT molecular complexity index is 1080. The van der Waals surface area contributed by atoms with E-state index in [9.17, 15) is 0 Å². The molecule has 11 heteroatoms. The number of benzene rings is 1. The first kappa shape index (κ1) is 23.2. The molecule has 4 heterocycles. The third-order valence-corrected chi connectivity index (χ3v) is 6.59. The zero-order valence-corrected chi connectivity index (χ0v) is 20.1. The number of aryl methyl sites for hydroxylation is 1. The average molecular weight is 487 g/mol. The third kappa shape index (κ3) is 5.90. The van der Waals surface area contributed by atoms with E-state index >= 15 is 0 Å². The summed E-state index contributed by atoms with van der Waals surface area (Å²) in [6.45, 7) is 6.52. The molecule has 10 nitrogen and oxygen atoms in total. The predicted octanol–water partition coefficient (Wildman–Crippen LogP) is 3.24. The highest BCUT2D eigenvalue weighted by atomic mass is 32.1. The van der Waals surface area contributed by atoms with Gasteiger partial charge in [-0.1, -0.05) is 11.3 Å². The first-order valence-corrected chi connectivity index (χ1v) is 12.6. The van der Waals surface area contributed by atoms with E-state index < -0.39 is 0 Å². The van der Waals surface area contributed by atoms with Crippen LogP contribution in [0.1, 0.15) is 30.7 Å². The highest BCUT2D eigenvalue weighted by Gasteiger charge is 2.20. The SMILES string of the molecule is Cc1nnc(Nc2ncnc3cc(OCCCC4CNCCO4)cc(OC4CCOCC4)c23)s1. The maximum absolute atomic E-state index is 6.45. The van der Waals surface area contributed by atoms with Crippen molar-refractivity contribution in [3.05, 3.63) is 23.5 Å². The number of anilines is 2. The quantitative estimate of drug-likeness (QED) is 0.437. The summed E-state index contributed by atoms with van der Waals surface area (Å²) in [7, 11) is 0. The number of aromatic nitrogens is 4. The van der Waals surface area contributed by atoms with E-state index in [-0.39, 0.29) is 12.2 Å². The van der Waals surface area contributed by atoms with Gasteiger partial charge >= 0.3 is 0 Å². The van der Waals surface area contributed by atoms with Crippen LogP contribution in [-0.4, -0.2) is 71.9 Å². The molecule has 182 valence electrons. The summed E-state index contributed by atoms with van der Waals surface area (Å²) in [6, 6.07) is 3.87. The Morgan fingerprint density at radius 3 is 2.88 bits per heavy atom. The van der Waals surface area contributed by atoms with Gasteiger partial charge in [-0.2, -0.15) is 0 Å². The first-order chi connectivity index (χ1) is 16.7. The fraction of sp³-hybridized carbons (Fsp3) is 0.565. The lowest BCUT2D eigenvalue weighted by atomic mass is 10.1. The first-order valence-electron chi connectivity index (χ1n) is 11.8. The number of rotatable bonds is 9. The van der Waals surface area contributed by atoms with E-state index in [2.05, 4.69) is 30.8 Å². The molecule has 2 N–H and O–H groups in total. The Balaban J connectivity index is 1.36. The summed E-state index contributed by atoms with van der Waals surface area (Å²) < 4.78 is 23.8. The molecule has 0 saturated carbocycles. The second kappa shape index (κ2) is 11.2. The molecule has 34 heavy (non-hydrogen) atoms. The van der Waals surface area contributed by atoms with Gasteiger partial charge in [0, 0.05) is 38.1 Å². The molecular formula is C23H30N6O4S. The zero-order valence-electron chi connectivity index (χ0n) is 19.3. The Morgan fingerprint density at radius 2 is 2.09 bits per heavy atom. The van der Waals surface area contributed by atoms with Gasteiger partial charge in [0.05, 0.1) is 43.4 Å². The summed E-state index contributed by atoms with van der Waals surface area (Å²) in [5, 5.41) is 17.3. The number of ether oxygens (including phenoxy) is 4. The van der Waals surface area contributed by atoms with Crippen LogP contribution in [0.15, 0.2) is 18.5 Å². The van der Waals surface area contributed by atoms with Gasteiger partial charge in [-0.25, -0.2) is 9.97 Å². The molecule has 0 amide bonds. The highest BCUT2D eigenvalue weighted by molar-refractivity contribution is 7.15. The number of hydrogen-bond donors (Lipinski definition) is 2. The number of hydrogen-bond acceptors (Lipinski definition) is 11. The second-order valence-corrected chi connectivity index (χ2v) is 9.59. The van der Waals surface area contributed by atoms with E-state index in [1.165, 1.54) is 17.7 Å². The average Bonchev–Trinajstić information content (AvgIpc) is 3.27. The number of nitrogens with zero attached hydrogens (tertiary/aromatic N) is 4. The monoisotopic (exact) mass is 486 g/mol. The fourth-order valence-corrected chi connectivity index (χ4v) is 4.72. The van der Waals surface area contributed by atoms with Gasteiger partial charge in [-0.3, -0.25) is 0 Å². The smallest absolute Gasteiger partial charge is 0.211 e. The van der Waals surface area contributed by atoms with Crippen molar-refractivity contribution in [1.82, 2.24) is 25.5 Å². The van der Waals surface area contributed by atoms with E-state index in [0.717, 1.165) is 67.0 Å². The van der Waals surface area contributed by atoms with Crippen LogP contribution >= 0.6 is 11.3 Å². The van der Waals surface area contributed by atoms with Gasteiger partial charge in [0.15, 0.2) is 0 Å². The van der Waals surface area contributed by atoms with Crippen LogP contribution in [-0.2, 0) is 9.47 Å². The van der Waals surface area contributed by atoms with Crippen molar-refractivity contribution in [3.8, 4) is 11.5 Å². The highest BCUT2D eigenvalue weighted by Crippen LogP contribution is 2.37. The predicted molar refractivity (Wildman–Crippen MR) is 129 cm³/mol. The number of fused-ring (bicyclic) bond motifs is 1. The van der Waals surface area contributed by atoms with Crippen molar-refractivity contribution in [1.29, 1.82) is 0 Å². The Morgan fingerprint density at radius 1 is 1.18 bits per heavy atom. The van der Waals surface area contributed by atoms with Crippen molar-refractivity contribution in [3.63, 3.8) is 0 Å². The summed E-state index contributed by atoms with van der Waals surface area (Å²) in [5.41, 5.74) is 0.748. The van der Waals surface area contributed by atoms with Crippen molar-refractivity contribution in [2.24, 2.45) is 0 Å². The van der Waals surface area contributed by atoms with E-state index in [0.29, 0.717) is 36.5 Å². The molecule has 0 bridgehead atoms. The van der Waals surface area contributed by atoms with E-state index in [1.54, 1.807) is 0 Å². The Labute approximate surface area is 202 Å². The molecule has 2 aromatic heterocycles. The van der Waals surface area contributed by atoms with Crippen LogP contribution in [0.25, 0.3) is 10.9 Å². The van der Waals surface area contributed by atoms with Crippen molar-refractivity contribution in [2.45, 2.75) is 44.8 Å². The van der Waals surface area contributed by atoms with E-state index in [1.807, 2.05) is 19.1 Å². The van der Waals surface area contributed by atoms with Gasteiger partial charge in [0.2, 0.25) is 5.13 Å². The zero-order chi connectivity index (χ0) is 23.2. The second-order valence-electron chi connectivity index (χ2n) is 8.41. The molecule has 5 rings (SSSR count). The van der Waals surface area contributed by atoms with Gasteiger partial charge < -0.3 is 29.6 Å². The minimum Gasteiger partial charge on any atom is -0.493 e. The van der Waals surface area contributed by atoms with Gasteiger partial charge in [0.25, 0.3) is 0 Å². The fourth-order valence-electron chi connectivity index (χ4n) is 4.13. The molecule has 1 atom stereocenters. The molecule has 0 aliphatic carbocycles. The molecule has 2 aliphatic rings. The molecule has 2 saturated heterocycles. The molecule has 0 spiro atoms. The number of morpholine rings is 1. The van der Waals surface area contributed by atoms with Gasteiger partial charge in [0.1, 0.15) is 34.8 Å². The minimum atomic E-state index is 0.0694. The standard InChI is InChI=1S/C23H30N6O4S/c1-15-28-29-23(34-15)27-22-21-19(25-14-26-22)11-18(12-20(21)33-16-4-8-30-9-5-16)31-7-2-3-17-13-24-6-10-32-17/h11-12,14,16-17,24H,2-10,13H2,1H3,(H,25,26,27,29). The molecule has 1 unspecified atom stereocenters. The maximum atomic E-state index is 6.45. The molecule has 2 aliphatic heterocycles. The summed E-state index contributed by atoms with van der Waals surface area (Å²) in [4.78, 5) is 8.98. The summed E-state index contributed by atoms with van der Waals surface area (Å²) in [5.74, 6) is 2.06.